The number of aromatic nitrogens is 1. The number of likely N-dealkylation sites (tertiary alicyclic amines) is 1. The second kappa shape index (κ2) is 5.30. The van der Waals surface area contributed by atoms with Crippen LogP contribution in [0.1, 0.15) is 23.2 Å². The highest BCUT2D eigenvalue weighted by Gasteiger charge is 2.26. The Morgan fingerprint density at radius 1 is 1.50 bits per heavy atom. The number of amides is 1. The van der Waals surface area contributed by atoms with Gasteiger partial charge < -0.3 is 15.7 Å². The molecule has 1 fully saturated rings. The largest absolute Gasteiger partial charge is 0.505 e. The maximum Gasteiger partial charge on any atom is 0.257 e. The van der Waals surface area contributed by atoms with Crippen LogP contribution >= 0.6 is 12.2 Å². The number of piperidine rings is 1. The molecule has 1 aliphatic rings. The zero-order valence-electron chi connectivity index (χ0n) is 9.87. The van der Waals surface area contributed by atoms with Gasteiger partial charge in [0.2, 0.25) is 0 Å². The number of aromatic hydroxyl groups is 1. The van der Waals surface area contributed by atoms with Crippen molar-refractivity contribution in [1.82, 2.24) is 9.88 Å². The molecule has 0 unspecified atom stereocenters. The van der Waals surface area contributed by atoms with Crippen molar-refractivity contribution in [3.8, 4) is 5.75 Å². The zero-order valence-corrected chi connectivity index (χ0v) is 10.7. The summed E-state index contributed by atoms with van der Waals surface area (Å²) in [5, 5.41) is 9.60. The normalized spacial score (nSPS) is 16.6. The summed E-state index contributed by atoms with van der Waals surface area (Å²) in [6.07, 6.45) is 4.34. The highest BCUT2D eigenvalue weighted by atomic mass is 32.1. The maximum absolute atomic E-state index is 12.2. The summed E-state index contributed by atoms with van der Waals surface area (Å²) in [5.74, 6) is -0.0367. The summed E-state index contributed by atoms with van der Waals surface area (Å²) in [6, 6.07) is 1.53. The fourth-order valence-corrected chi connectivity index (χ4v) is 2.34. The maximum atomic E-state index is 12.2. The third kappa shape index (κ3) is 2.59. The second-order valence-corrected chi connectivity index (χ2v) is 4.83. The van der Waals surface area contributed by atoms with E-state index in [0.29, 0.717) is 23.6 Å². The molecule has 18 heavy (non-hydrogen) atoms. The number of thiocarbonyl (C=S) groups is 1. The number of hydrogen-bond acceptors (Lipinski definition) is 4. The van der Waals surface area contributed by atoms with E-state index >= 15 is 0 Å². The van der Waals surface area contributed by atoms with Crippen LogP contribution in [0.4, 0.5) is 0 Å². The second-order valence-electron chi connectivity index (χ2n) is 4.36. The Kier molecular flexibility index (Phi) is 3.76. The Labute approximate surface area is 111 Å². The Morgan fingerprint density at radius 2 is 2.17 bits per heavy atom. The molecule has 1 amide bonds. The third-order valence-corrected chi connectivity index (χ3v) is 3.55. The lowest BCUT2D eigenvalue weighted by Crippen LogP contribution is -2.41. The van der Waals surface area contributed by atoms with Crippen LogP contribution in [0.5, 0.6) is 5.75 Å². The lowest BCUT2D eigenvalue weighted by molar-refractivity contribution is 0.0707. The van der Waals surface area contributed by atoms with Crippen LogP contribution in [0.25, 0.3) is 0 Å². The fraction of sp³-hybridized carbons (Fsp3) is 0.417. The molecule has 5 nitrogen and oxygen atoms in total. The smallest absolute Gasteiger partial charge is 0.257 e. The molecule has 1 saturated heterocycles. The standard InChI is InChI=1S/C12H15N3O2S/c13-11(18)8-2-5-15(6-3-8)12(17)9-1-4-14-7-10(9)16/h1,4,7-8,16H,2-3,5-6H2,(H2,13,18). The minimum Gasteiger partial charge on any atom is -0.505 e. The minimum atomic E-state index is -0.170. The molecule has 1 aliphatic heterocycles. The van der Waals surface area contributed by atoms with Crippen molar-refractivity contribution in [3.63, 3.8) is 0 Å². The SMILES string of the molecule is NC(=S)C1CCN(C(=O)c2ccncc2O)CC1. The first-order valence-electron chi connectivity index (χ1n) is 5.81. The van der Waals surface area contributed by atoms with Gasteiger partial charge in [0.15, 0.2) is 0 Å². The predicted molar refractivity (Wildman–Crippen MR) is 71.3 cm³/mol. The van der Waals surface area contributed by atoms with Gasteiger partial charge in [-0.2, -0.15) is 0 Å². The van der Waals surface area contributed by atoms with E-state index in [-0.39, 0.29) is 17.6 Å². The van der Waals surface area contributed by atoms with Crippen LogP contribution in [0, 0.1) is 5.92 Å². The average Bonchev–Trinajstić information content (AvgIpc) is 2.38. The number of carbonyl (C=O) groups excluding carboxylic acids is 1. The first-order valence-corrected chi connectivity index (χ1v) is 6.22. The van der Waals surface area contributed by atoms with Gasteiger partial charge in [0.05, 0.1) is 16.7 Å². The summed E-state index contributed by atoms with van der Waals surface area (Å²) in [5.41, 5.74) is 5.89. The van der Waals surface area contributed by atoms with Crippen molar-refractivity contribution in [2.24, 2.45) is 11.7 Å². The summed E-state index contributed by atoms with van der Waals surface area (Å²) in [7, 11) is 0. The molecule has 0 radical (unpaired) electrons. The summed E-state index contributed by atoms with van der Waals surface area (Å²) < 4.78 is 0. The molecule has 0 bridgehead atoms. The van der Waals surface area contributed by atoms with E-state index in [1.807, 2.05) is 0 Å². The third-order valence-electron chi connectivity index (χ3n) is 3.21. The van der Waals surface area contributed by atoms with Crippen molar-refractivity contribution < 1.29 is 9.90 Å². The molecule has 2 heterocycles. The first kappa shape index (κ1) is 12.8. The van der Waals surface area contributed by atoms with E-state index in [0.717, 1.165) is 12.8 Å². The van der Waals surface area contributed by atoms with E-state index in [1.165, 1.54) is 18.5 Å². The molecule has 0 saturated carbocycles. The van der Waals surface area contributed by atoms with Gasteiger partial charge in [0.25, 0.3) is 5.91 Å². The summed E-state index contributed by atoms with van der Waals surface area (Å²) >= 11 is 4.96. The van der Waals surface area contributed by atoms with Crippen LogP contribution in [0.15, 0.2) is 18.5 Å². The molecule has 2 rings (SSSR count). The molecular formula is C12H15N3O2S. The van der Waals surface area contributed by atoms with E-state index < -0.39 is 0 Å². The zero-order chi connectivity index (χ0) is 13.1. The molecule has 1 aromatic rings. The van der Waals surface area contributed by atoms with Crippen molar-refractivity contribution in [1.29, 1.82) is 0 Å². The molecule has 6 heteroatoms. The molecule has 1 aromatic heterocycles. The van der Waals surface area contributed by atoms with Crippen molar-refractivity contribution in [3.05, 3.63) is 24.0 Å². The van der Waals surface area contributed by atoms with E-state index in [2.05, 4.69) is 4.98 Å². The first-order chi connectivity index (χ1) is 8.59. The van der Waals surface area contributed by atoms with E-state index in [1.54, 1.807) is 4.90 Å². The fourth-order valence-electron chi connectivity index (χ4n) is 2.10. The lowest BCUT2D eigenvalue weighted by atomic mass is 9.96. The van der Waals surface area contributed by atoms with Gasteiger partial charge in [0, 0.05) is 25.2 Å². The Balaban J connectivity index is 2.04. The molecule has 0 spiro atoms. The highest BCUT2D eigenvalue weighted by Crippen LogP contribution is 2.22. The highest BCUT2D eigenvalue weighted by molar-refractivity contribution is 7.80. The summed E-state index contributed by atoms with van der Waals surface area (Å²) in [4.78, 5) is 18.2. The number of carbonyl (C=O) groups is 1. The topological polar surface area (TPSA) is 79.5 Å². The van der Waals surface area contributed by atoms with Gasteiger partial charge >= 0.3 is 0 Å². The van der Waals surface area contributed by atoms with Gasteiger partial charge in [-0.25, -0.2) is 0 Å². The van der Waals surface area contributed by atoms with Crippen LogP contribution in [-0.4, -0.2) is 39.0 Å². The molecule has 3 N–H and O–H groups in total. The van der Waals surface area contributed by atoms with E-state index in [9.17, 15) is 9.90 Å². The van der Waals surface area contributed by atoms with Crippen LogP contribution in [-0.2, 0) is 0 Å². The van der Waals surface area contributed by atoms with Crippen LogP contribution < -0.4 is 5.73 Å². The monoisotopic (exact) mass is 265 g/mol. The van der Waals surface area contributed by atoms with Crippen LogP contribution in [0.2, 0.25) is 0 Å². The van der Waals surface area contributed by atoms with Gasteiger partial charge in [-0.1, -0.05) is 12.2 Å². The van der Waals surface area contributed by atoms with Gasteiger partial charge in [-0.05, 0) is 18.9 Å². The molecule has 0 atom stereocenters. The number of hydrogen-bond donors (Lipinski definition) is 2. The van der Waals surface area contributed by atoms with E-state index in [4.69, 9.17) is 18.0 Å². The van der Waals surface area contributed by atoms with Crippen molar-refractivity contribution in [2.45, 2.75) is 12.8 Å². The number of nitrogens with zero attached hydrogens (tertiary/aromatic N) is 2. The molecular weight excluding hydrogens is 250 g/mol. The summed E-state index contributed by atoms with van der Waals surface area (Å²) in [6.45, 7) is 1.23. The Bertz CT molecular complexity index is 470. The Morgan fingerprint density at radius 3 is 2.72 bits per heavy atom. The molecule has 0 aliphatic carbocycles. The van der Waals surface area contributed by atoms with Gasteiger partial charge in [0.1, 0.15) is 5.75 Å². The molecule has 96 valence electrons. The number of nitrogens with two attached hydrogens (primary N) is 1. The quantitative estimate of drug-likeness (QED) is 0.778. The molecule has 0 aromatic carbocycles. The van der Waals surface area contributed by atoms with Crippen molar-refractivity contribution >= 4 is 23.1 Å². The number of rotatable bonds is 2. The lowest BCUT2D eigenvalue weighted by Gasteiger charge is -2.31. The van der Waals surface area contributed by atoms with Gasteiger partial charge in [-0.15, -0.1) is 0 Å². The minimum absolute atomic E-state index is 0.0843. The van der Waals surface area contributed by atoms with Crippen LogP contribution in [0.3, 0.4) is 0 Å². The average molecular weight is 265 g/mol. The van der Waals surface area contributed by atoms with Gasteiger partial charge in [-0.3, -0.25) is 9.78 Å². The number of pyridine rings is 1. The Hall–Kier alpha value is -1.69. The van der Waals surface area contributed by atoms with Crippen molar-refractivity contribution in [2.75, 3.05) is 13.1 Å². The predicted octanol–water partition coefficient (Wildman–Crippen LogP) is 0.925.